The molecule has 0 saturated carbocycles. The zero-order valence-electron chi connectivity index (χ0n) is 17.3. The van der Waals surface area contributed by atoms with Gasteiger partial charge in [-0.1, -0.05) is 29.3 Å². The van der Waals surface area contributed by atoms with Crippen molar-refractivity contribution < 1.29 is 4.74 Å². The summed E-state index contributed by atoms with van der Waals surface area (Å²) >= 11 is 0. The summed E-state index contributed by atoms with van der Waals surface area (Å²) in [5, 5.41) is 4.61. The maximum atomic E-state index is 12.5. The molecule has 1 N–H and O–H groups in total. The average Bonchev–Trinajstić information content (AvgIpc) is 3.09. The van der Waals surface area contributed by atoms with E-state index >= 15 is 0 Å². The molecule has 6 nitrogen and oxygen atoms in total. The maximum Gasteiger partial charge on any atom is 0.348 e. The third kappa shape index (κ3) is 4.43. The van der Waals surface area contributed by atoms with Gasteiger partial charge in [-0.05, 0) is 63.1 Å². The first kappa shape index (κ1) is 19.5. The van der Waals surface area contributed by atoms with Crippen molar-refractivity contribution in [2.24, 2.45) is 0 Å². The number of aryl methyl sites for hydroxylation is 2. The topological polar surface area (TPSA) is 63.1 Å². The fourth-order valence-corrected chi connectivity index (χ4v) is 4.26. The van der Waals surface area contributed by atoms with E-state index in [4.69, 9.17) is 4.74 Å². The van der Waals surface area contributed by atoms with E-state index in [0.29, 0.717) is 0 Å². The number of aromatic amines is 1. The molecule has 4 rings (SSSR count). The Labute approximate surface area is 171 Å². The van der Waals surface area contributed by atoms with Crippen molar-refractivity contribution in [1.82, 2.24) is 19.7 Å². The molecule has 2 aromatic carbocycles. The molecule has 1 aliphatic rings. The van der Waals surface area contributed by atoms with Crippen LogP contribution in [0.25, 0.3) is 5.69 Å². The Balaban J connectivity index is 1.50. The van der Waals surface area contributed by atoms with Crippen LogP contribution in [-0.2, 0) is 6.54 Å². The minimum atomic E-state index is -0.198. The predicted molar refractivity (Wildman–Crippen MR) is 114 cm³/mol. The van der Waals surface area contributed by atoms with Crippen molar-refractivity contribution in [3.8, 4) is 11.4 Å². The molecular formula is C23H28N4O2. The van der Waals surface area contributed by atoms with E-state index in [2.05, 4.69) is 47.0 Å². The Morgan fingerprint density at radius 2 is 1.86 bits per heavy atom. The van der Waals surface area contributed by atoms with Gasteiger partial charge < -0.3 is 4.74 Å². The molecule has 0 amide bonds. The molecule has 0 spiro atoms. The molecular weight excluding hydrogens is 364 g/mol. The second kappa shape index (κ2) is 8.25. The van der Waals surface area contributed by atoms with Gasteiger partial charge in [0.05, 0.1) is 12.8 Å². The molecule has 1 aliphatic heterocycles. The summed E-state index contributed by atoms with van der Waals surface area (Å²) in [5.41, 5.74) is 4.49. The SMILES string of the molecule is COc1ccc(-n2nc(C3CCCN(Cc4cc(C)cc(C)c4)C3)[nH]c2=O)cc1. The number of H-pyrrole nitrogens is 1. The first-order valence-electron chi connectivity index (χ1n) is 10.1. The Bertz CT molecular complexity index is 1020. The van der Waals surface area contributed by atoms with E-state index < -0.39 is 0 Å². The average molecular weight is 393 g/mol. The van der Waals surface area contributed by atoms with Gasteiger partial charge in [0.25, 0.3) is 0 Å². The second-order valence-corrected chi connectivity index (χ2v) is 8.00. The maximum absolute atomic E-state index is 12.5. The monoisotopic (exact) mass is 392 g/mol. The standard InChI is InChI=1S/C23H28N4O2/c1-16-11-17(2)13-18(12-16)14-26-10-4-5-19(15-26)22-24-23(28)27(25-22)20-6-8-21(29-3)9-7-20/h6-9,11-13,19H,4-5,10,14-15H2,1-3H3,(H,24,25,28). The van der Waals surface area contributed by atoms with Crippen LogP contribution in [0.4, 0.5) is 0 Å². The van der Waals surface area contributed by atoms with Crippen molar-refractivity contribution in [3.63, 3.8) is 0 Å². The normalized spacial score (nSPS) is 17.4. The van der Waals surface area contributed by atoms with Crippen LogP contribution in [0.15, 0.2) is 47.3 Å². The number of aromatic nitrogens is 3. The van der Waals surface area contributed by atoms with E-state index in [1.807, 2.05) is 24.3 Å². The van der Waals surface area contributed by atoms with Crippen molar-refractivity contribution in [2.75, 3.05) is 20.2 Å². The van der Waals surface area contributed by atoms with Crippen LogP contribution < -0.4 is 10.4 Å². The van der Waals surface area contributed by atoms with E-state index in [1.165, 1.54) is 21.4 Å². The lowest BCUT2D eigenvalue weighted by Gasteiger charge is -2.31. The van der Waals surface area contributed by atoms with E-state index in [0.717, 1.165) is 49.7 Å². The highest BCUT2D eigenvalue weighted by Gasteiger charge is 2.25. The fourth-order valence-electron chi connectivity index (χ4n) is 4.26. The Morgan fingerprint density at radius 3 is 2.55 bits per heavy atom. The zero-order chi connectivity index (χ0) is 20.4. The Kier molecular flexibility index (Phi) is 5.53. The second-order valence-electron chi connectivity index (χ2n) is 8.00. The number of hydrogen-bond donors (Lipinski definition) is 1. The summed E-state index contributed by atoms with van der Waals surface area (Å²) in [4.78, 5) is 17.9. The molecule has 1 aromatic heterocycles. The van der Waals surface area contributed by atoms with Crippen LogP contribution in [0.3, 0.4) is 0 Å². The molecule has 3 aromatic rings. The van der Waals surface area contributed by atoms with E-state index in [9.17, 15) is 4.79 Å². The van der Waals surface area contributed by atoms with E-state index in [1.54, 1.807) is 7.11 Å². The number of nitrogens with one attached hydrogen (secondary N) is 1. The highest BCUT2D eigenvalue weighted by Crippen LogP contribution is 2.26. The summed E-state index contributed by atoms with van der Waals surface area (Å²) in [6, 6.07) is 14.1. The number of piperidine rings is 1. The van der Waals surface area contributed by atoms with Gasteiger partial charge in [0.15, 0.2) is 0 Å². The van der Waals surface area contributed by atoms with Crippen molar-refractivity contribution in [2.45, 2.75) is 39.2 Å². The molecule has 152 valence electrons. The summed E-state index contributed by atoms with van der Waals surface area (Å²) in [5.74, 6) is 1.77. The number of ether oxygens (including phenoxy) is 1. The van der Waals surface area contributed by atoms with E-state index in [-0.39, 0.29) is 11.6 Å². The quantitative estimate of drug-likeness (QED) is 0.721. The van der Waals surface area contributed by atoms with Crippen LogP contribution in [0, 0.1) is 13.8 Å². The number of nitrogens with zero attached hydrogens (tertiary/aromatic N) is 3. The minimum absolute atomic E-state index is 0.198. The van der Waals surface area contributed by atoms with Gasteiger partial charge in [-0.25, -0.2) is 4.79 Å². The molecule has 1 saturated heterocycles. The first-order valence-corrected chi connectivity index (χ1v) is 10.1. The molecule has 0 bridgehead atoms. The largest absolute Gasteiger partial charge is 0.497 e. The van der Waals surface area contributed by atoms with Gasteiger partial charge >= 0.3 is 5.69 Å². The molecule has 29 heavy (non-hydrogen) atoms. The van der Waals surface area contributed by atoms with Crippen LogP contribution in [0.2, 0.25) is 0 Å². The lowest BCUT2D eigenvalue weighted by molar-refractivity contribution is 0.196. The number of rotatable bonds is 5. The van der Waals surface area contributed by atoms with Crippen molar-refractivity contribution in [1.29, 1.82) is 0 Å². The summed E-state index contributed by atoms with van der Waals surface area (Å²) in [7, 11) is 1.63. The van der Waals surface area contributed by atoms with Crippen LogP contribution >= 0.6 is 0 Å². The lowest BCUT2D eigenvalue weighted by Crippen LogP contribution is -2.34. The van der Waals surface area contributed by atoms with Gasteiger partial charge in [0, 0.05) is 19.0 Å². The highest BCUT2D eigenvalue weighted by atomic mass is 16.5. The first-order chi connectivity index (χ1) is 14.0. The summed E-state index contributed by atoms with van der Waals surface area (Å²) < 4.78 is 6.63. The summed E-state index contributed by atoms with van der Waals surface area (Å²) in [6.07, 6.45) is 2.14. The minimum Gasteiger partial charge on any atom is -0.497 e. The highest BCUT2D eigenvalue weighted by molar-refractivity contribution is 5.36. The number of benzene rings is 2. The summed E-state index contributed by atoms with van der Waals surface area (Å²) in [6.45, 7) is 7.20. The predicted octanol–water partition coefficient (Wildman–Crippen LogP) is 3.57. The number of hydrogen-bond acceptors (Lipinski definition) is 4. The van der Waals surface area contributed by atoms with Gasteiger partial charge in [-0.3, -0.25) is 9.88 Å². The lowest BCUT2D eigenvalue weighted by atomic mass is 9.96. The third-order valence-electron chi connectivity index (χ3n) is 5.53. The van der Waals surface area contributed by atoms with Crippen LogP contribution in [-0.4, -0.2) is 39.9 Å². The van der Waals surface area contributed by atoms with Gasteiger partial charge in [0.1, 0.15) is 11.6 Å². The van der Waals surface area contributed by atoms with Gasteiger partial charge in [-0.15, -0.1) is 5.10 Å². The molecule has 0 radical (unpaired) electrons. The molecule has 2 heterocycles. The molecule has 0 aliphatic carbocycles. The third-order valence-corrected chi connectivity index (χ3v) is 5.53. The van der Waals surface area contributed by atoms with Crippen LogP contribution in [0.5, 0.6) is 5.75 Å². The molecule has 1 fully saturated rings. The molecule has 1 atom stereocenters. The molecule has 1 unspecified atom stereocenters. The smallest absolute Gasteiger partial charge is 0.348 e. The van der Waals surface area contributed by atoms with Crippen molar-refractivity contribution in [3.05, 3.63) is 75.5 Å². The number of likely N-dealkylation sites (tertiary alicyclic amines) is 1. The molecule has 6 heteroatoms. The Morgan fingerprint density at radius 1 is 1.14 bits per heavy atom. The van der Waals surface area contributed by atoms with Crippen molar-refractivity contribution >= 4 is 0 Å². The van der Waals surface area contributed by atoms with Gasteiger partial charge in [0.2, 0.25) is 0 Å². The van der Waals surface area contributed by atoms with Crippen LogP contribution in [0.1, 0.15) is 41.3 Å². The Hall–Kier alpha value is -2.86. The zero-order valence-corrected chi connectivity index (χ0v) is 17.3. The number of methoxy groups -OCH3 is 1. The fraction of sp³-hybridized carbons (Fsp3) is 0.391. The van der Waals surface area contributed by atoms with Gasteiger partial charge in [-0.2, -0.15) is 4.68 Å².